The molecule has 0 radical (unpaired) electrons. The third-order valence-corrected chi connectivity index (χ3v) is 4.07. The van der Waals surface area contributed by atoms with Gasteiger partial charge in [-0.15, -0.1) is 0 Å². The number of cyclic esters (lactones) is 1. The predicted molar refractivity (Wildman–Crippen MR) is 97.5 cm³/mol. The average Bonchev–Trinajstić information content (AvgIpc) is 2.96. The first-order valence-electron chi connectivity index (χ1n) is 7.04. The second-order valence-corrected chi connectivity index (χ2v) is 6.20. The number of ether oxygens (including phenoxy) is 2. The Kier molecular flexibility index (Phi) is 4.75. The van der Waals surface area contributed by atoms with Gasteiger partial charge in [0.2, 0.25) is 5.90 Å². The van der Waals surface area contributed by atoms with Crippen molar-refractivity contribution in [2.45, 2.75) is 0 Å². The maximum atomic E-state index is 12.0. The van der Waals surface area contributed by atoms with E-state index in [1.807, 2.05) is 24.3 Å². The highest BCUT2D eigenvalue weighted by Crippen LogP contribution is 2.20. The molecule has 0 spiro atoms. The molecule has 0 aromatic heterocycles. The molecule has 2 aromatic carbocycles. The van der Waals surface area contributed by atoms with Crippen LogP contribution in [0.3, 0.4) is 0 Å². The monoisotopic (exact) mass is 433 g/mol. The first kappa shape index (κ1) is 16.4. The summed E-state index contributed by atoms with van der Waals surface area (Å²) in [5.74, 6) is -0.622. The number of halogens is 1. The van der Waals surface area contributed by atoms with Gasteiger partial charge in [-0.2, -0.15) is 0 Å². The molecule has 2 aromatic rings. The zero-order chi connectivity index (χ0) is 17.1. The summed E-state index contributed by atoms with van der Waals surface area (Å²) in [7, 11) is 1.33. The molecule has 1 heterocycles. The van der Waals surface area contributed by atoms with Crippen molar-refractivity contribution in [3.8, 4) is 0 Å². The van der Waals surface area contributed by atoms with Crippen LogP contribution in [0, 0.1) is 3.57 Å². The van der Waals surface area contributed by atoms with Crippen molar-refractivity contribution in [1.82, 2.24) is 0 Å². The van der Waals surface area contributed by atoms with E-state index in [9.17, 15) is 9.59 Å². The van der Waals surface area contributed by atoms with Crippen LogP contribution in [0.4, 0.5) is 0 Å². The lowest BCUT2D eigenvalue weighted by Crippen LogP contribution is -2.05. The second-order valence-electron chi connectivity index (χ2n) is 4.96. The van der Waals surface area contributed by atoms with Crippen molar-refractivity contribution in [3.63, 3.8) is 0 Å². The molecule has 0 unspecified atom stereocenters. The van der Waals surface area contributed by atoms with E-state index in [1.54, 1.807) is 30.3 Å². The summed E-state index contributed by atoms with van der Waals surface area (Å²) in [6, 6.07) is 14.2. The number of nitrogens with zero attached hydrogens (tertiary/aromatic N) is 1. The quantitative estimate of drug-likeness (QED) is 0.423. The topological polar surface area (TPSA) is 65.0 Å². The summed E-state index contributed by atoms with van der Waals surface area (Å²) >= 11 is 2.20. The van der Waals surface area contributed by atoms with Crippen molar-refractivity contribution in [3.05, 3.63) is 74.5 Å². The lowest BCUT2D eigenvalue weighted by Gasteiger charge is -1.99. The van der Waals surface area contributed by atoms with E-state index in [2.05, 4.69) is 32.3 Å². The molecule has 0 amide bonds. The molecule has 0 bridgehead atoms. The van der Waals surface area contributed by atoms with E-state index in [4.69, 9.17) is 4.74 Å². The fourth-order valence-corrected chi connectivity index (χ4v) is 2.48. The van der Waals surface area contributed by atoms with Crippen molar-refractivity contribution < 1.29 is 19.1 Å². The SMILES string of the molecule is COC(=O)c1ccc(/C=C2/N=C(c3ccc(I)cc3)OC2=O)cc1. The van der Waals surface area contributed by atoms with Gasteiger partial charge in [0.1, 0.15) is 0 Å². The van der Waals surface area contributed by atoms with Gasteiger partial charge in [0.15, 0.2) is 5.70 Å². The van der Waals surface area contributed by atoms with Crippen LogP contribution in [0.2, 0.25) is 0 Å². The molecular formula is C18H12INO4. The Morgan fingerprint density at radius 1 is 1.12 bits per heavy atom. The lowest BCUT2D eigenvalue weighted by molar-refractivity contribution is -0.129. The molecule has 3 rings (SSSR count). The zero-order valence-electron chi connectivity index (χ0n) is 12.7. The highest BCUT2D eigenvalue weighted by Gasteiger charge is 2.24. The van der Waals surface area contributed by atoms with Gasteiger partial charge in [-0.1, -0.05) is 12.1 Å². The Bertz CT molecular complexity index is 852. The fourth-order valence-electron chi connectivity index (χ4n) is 2.12. The van der Waals surface area contributed by atoms with Crippen molar-refractivity contribution in [2.75, 3.05) is 7.11 Å². The van der Waals surface area contributed by atoms with Gasteiger partial charge in [0.05, 0.1) is 12.7 Å². The van der Waals surface area contributed by atoms with Crippen molar-refractivity contribution in [2.24, 2.45) is 4.99 Å². The number of hydrogen-bond donors (Lipinski definition) is 0. The molecule has 6 heteroatoms. The Balaban J connectivity index is 1.85. The molecule has 1 aliphatic rings. The number of aliphatic imine (C=N–C) groups is 1. The highest BCUT2D eigenvalue weighted by atomic mass is 127. The second kappa shape index (κ2) is 6.96. The minimum absolute atomic E-state index is 0.217. The van der Waals surface area contributed by atoms with Crippen LogP contribution in [0.1, 0.15) is 21.5 Å². The van der Waals surface area contributed by atoms with Crippen molar-refractivity contribution >= 4 is 46.5 Å². The number of methoxy groups -OCH3 is 1. The van der Waals surface area contributed by atoms with Gasteiger partial charge in [0.25, 0.3) is 0 Å². The van der Waals surface area contributed by atoms with Gasteiger partial charge < -0.3 is 9.47 Å². The van der Waals surface area contributed by atoms with E-state index >= 15 is 0 Å². The maximum Gasteiger partial charge on any atom is 0.363 e. The summed E-state index contributed by atoms with van der Waals surface area (Å²) in [5, 5.41) is 0. The van der Waals surface area contributed by atoms with Gasteiger partial charge in [-0.3, -0.25) is 0 Å². The molecular weight excluding hydrogens is 421 g/mol. The Hall–Kier alpha value is -2.48. The van der Waals surface area contributed by atoms with Crippen LogP contribution in [-0.4, -0.2) is 24.9 Å². The van der Waals surface area contributed by atoms with Crippen LogP contribution in [-0.2, 0) is 14.3 Å². The first-order chi connectivity index (χ1) is 11.6. The number of carbonyl (C=O) groups is 2. The number of benzene rings is 2. The molecule has 5 nitrogen and oxygen atoms in total. The van der Waals surface area contributed by atoms with Gasteiger partial charge in [-0.05, 0) is 70.6 Å². The smallest absolute Gasteiger partial charge is 0.363 e. The Morgan fingerprint density at radius 2 is 1.79 bits per heavy atom. The molecule has 0 fully saturated rings. The van der Waals surface area contributed by atoms with Gasteiger partial charge in [0, 0.05) is 9.13 Å². The fraction of sp³-hybridized carbons (Fsp3) is 0.0556. The number of rotatable bonds is 3. The van der Waals surface area contributed by atoms with Gasteiger partial charge in [-0.25, -0.2) is 14.6 Å². The summed E-state index contributed by atoms with van der Waals surface area (Å²) in [6.45, 7) is 0. The Morgan fingerprint density at radius 3 is 2.42 bits per heavy atom. The maximum absolute atomic E-state index is 12.0. The minimum Gasteiger partial charge on any atom is -0.465 e. The van der Waals surface area contributed by atoms with E-state index in [1.165, 1.54) is 7.11 Å². The Labute approximate surface area is 152 Å². The number of hydrogen-bond acceptors (Lipinski definition) is 5. The molecule has 120 valence electrons. The zero-order valence-corrected chi connectivity index (χ0v) is 14.8. The van der Waals surface area contributed by atoms with Crippen molar-refractivity contribution in [1.29, 1.82) is 0 Å². The van der Waals surface area contributed by atoms with Crippen LogP contribution >= 0.6 is 22.6 Å². The summed E-state index contributed by atoms with van der Waals surface area (Å²) in [5.41, 5.74) is 2.14. The molecule has 24 heavy (non-hydrogen) atoms. The predicted octanol–water partition coefficient (Wildman–Crippen LogP) is 3.42. The third-order valence-electron chi connectivity index (χ3n) is 3.35. The lowest BCUT2D eigenvalue weighted by atomic mass is 10.1. The van der Waals surface area contributed by atoms with E-state index < -0.39 is 11.9 Å². The summed E-state index contributed by atoms with van der Waals surface area (Å²) in [6.07, 6.45) is 1.61. The first-order valence-corrected chi connectivity index (χ1v) is 8.11. The van der Waals surface area contributed by atoms with E-state index in [-0.39, 0.29) is 11.6 Å². The number of esters is 2. The molecule has 0 aliphatic carbocycles. The standard InChI is InChI=1S/C18H12INO4/c1-23-17(21)13-4-2-11(3-5-13)10-15-18(22)24-16(20-15)12-6-8-14(19)9-7-12/h2-10H,1H3/b15-10+. The van der Waals surface area contributed by atoms with Crippen LogP contribution < -0.4 is 0 Å². The van der Waals surface area contributed by atoms with Crippen LogP contribution in [0.5, 0.6) is 0 Å². The third kappa shape index (κ3) is 3.53. The average molecular weight is 433 g/mol. The largest absolute Gasteiger partial charge is 0.465 e. The molecule has 1 aliphatic heterocycles. The molecule has 0 saturated heterocycles. The summed E-state index contributed by atoms with van der Waals surface area (Å²) < 4.78 is 11.0. The molecule has 0 saturated carbocycles. The van der Waals surface area contributed by atoms with Crippen LogP contribution in [0.15, 0.2) is 59.2 Å². The van der Waals surface area contributed by atoms with Crippen LogP contribution in [0.25, 0.3) is 6.08 Å². The van der Waals surface area contributed by atoms with E-state index in [0.29, 0.717) is 5.56 Å². The normalized spacial score (nSPS) is 15.2. The highest BCUT2D eigenvalue weighted by molar-refractivity contribution is 14.1. The summed E-state index contributed by atoms with van der Waals surface area (Å²) in [4.78, 5) is 27.6. The minimum atomic E-state index is -0.499. The van der Waals surface area contributed by atoms with E-state index in [0.717, 1.165) is 14.7 Å². The number of carbonyl (C=O) groups excluding carboxylic acids is 2. The molecule has 0 atom stereocenters. The molecule has 0 N–H and O–H groups in total. The van der Waals surface area contributed by atoms with Gasteiger partial charge >= 0.3 is 11.9 Å².